The molecule has 0 amide bonds. The van der Waals surface area contributed by atoms with Gasteiger partial charge in [-0.25, -0.2) is 0 Å². The van der Waals surface area contributed by atoms with Gasteiger partial charge in [0, 0.05) is 7.11 Å². The SMILES string of the molecule is CO.Cl.NCCC1=CCCCC1.NCCC1CCCCC1. The average Bonchev–Trinajstić information content (AvgIpc) is 2.53. The Labute approximate surface area is 138 Å². The summed E-state index contributed by atoms with van der Waals surface area (Å²) in [6.45, 7) is 1.72. The molecule has 3 nitrogen and oxygen atoms in total. The zero-order valence-electron chi connectivity index (χ0n) is 13.9. The van der Waals surface area contributed by atoms with E-state index < -0.39 is 0 Å². The Balaban J connectivity index is 0. The Bertz CT molecular complexity index is 226. The Morgan fingerprint density at radius 1 is 1.00 bits per heavy atom. The quantitative estimate of drug-likeness (QED) is 0.690. The molecule has 0 atom stereocenters. The Morgan fingerprint density at radius 3 is 2.14 bits per heavy atom. The molecule has 0 aromatic rings. The van der Waals surface area contributed by atoms with Gasteiger partial charge in [-0.05, 0) is 57.5 Å². The molecule has 4 heteroatoms. The highest BCUT2D eigenvalue weighted by atomic mass is 35.5. The molecule has 0 heterocycles. The summed E-state index contributed by atoms with van der Waals surface area (Å²) >= 11 is 0. The van der Waals surface area contributed by atoms with E-state index in [0.29, 0.717) is 0 Å². The molecule has 2 aliphatic rings. The van der Waals surface area contributed by atoms with Gasteiger partial charge in [0.15, 0.2) is 0 Å². The van der Waals surface area contributed by atoms with Crippen LogP contribution in [0.3, 0.4) is 0 Å². The minimum atomic E-state index is 0. The minimum absolute atomic E-state index is 0. The largest absolute Gasteiger partial charge is 0.400 e. The van der Waals surface area contributed by atoms with E-state index in [0.717, 1.165) is 32.5 Å². The van der Waals surface area contributed by atoms with Crippen molar-refractivity contribution in [2.24, 2.45) is 17.4 Å². The van der Waals surface area contributed by atoms with Gasteiger partial charge in [-0.1, -0.05) is 43.8 Å². The molecular formula is C17H37ClN2O. The van der Waals surface area contributed by atoms with E-state index in [9.17, 15) is 0 Å². The molecule has 0 spiro atoms. The summed E-state index contributed by atoms with van der Waals surface area (Å²) in [7, 11) is 1.00. The fourth-order valence-corrected chi connectivity index (χ4v) is 3.03. The number of aliphatic hydroxyl groups excluding tert-OH is 1. The summed E-state index contributed by atoms with van der Waals surface area (Å²) in [5, 5.41) is 7.00. The molecule has 0 aliphatic heterocycles. The molecule has 1 saturated carbocycles. The van der Waals surface area contributed by atoms with Crippen molar-refractivity contribution < 1.29 is 5.11 Å². The predicted molar refractivity (Wildman–Crippen MR) is 95.9 cm³/mol. The molecule has 5 N–H and O–H groups in total. The summed E-state index contributed by atoms with van der Waals surface area (Å²) in [6, 6.07) is 0. The van der Waals surface area contributed by atoms with E-state index in [1.165, 1.54) is 64.2 Å². The lowest BCUT2D eigenvalue weighted by molar-refractivity contribution is 0.343. The van der Waals surface area contributed by atoms with Crippen molar-refractivity contribution in [3.8, 4) is 0 Å². The van der Waals surface area contributed by atoms with Gasteiger partial charge in [-0.3, -0.25) is 0 Å². The number of nitrogens with two attached hydrogens (primary N) is 2. The normalized spacial score (nSPS) is 18.2. The van der Waals surface area contributed by atoms with Crippen molar-refractivity contribution in [3.05, 3.63) is 11.6 Å². The van der Waals surface area contributed by atoms with Gasteiger partial charge < -0.3 is 16.6 Å². The fourth-order valence-electron chi connectivity index (χ4n) is 3.03. The molecule has 0 saturated heterocycles. The van der Waals surface area contributed by atoms with Crippen LogP contribution in [0.5, 0.6) is 0 Å². The highest BCUT2D eigenvalue weighted by molar-refractivity contribution is 5.85. The first-order valence-corrected chi connectivity index (χ1v) is 8.39. The third kappa shape index (κ3) is 13.3. The monoisotopic (exact) mass is 320 g/mol. The fraction of sp³-hybridized carbons (Fsp3) is 0.882. The zero-order chi connectivity index (χ0) is 15.1. The van der Waals surface area contributed by atoms with Gasteiger partial charge in [-0.2, -0.15) is 0 Å². The minimum Gasteiger partial charge on any atom is -0.400 e. The molecule has 21 heavy (non-hydrogen) atoms. The topological polar surface area (TPSA) is 72.3 Å². The van der Waals surface area contributed by atoms with E-state index in [1.807, 2.05) is 0 Å². The third-order valence-corrected chi connectivity index (χ3v) is 4.15. The number of hydrogen-bond donors (Lipinski definition) is 3. The van der Waals surface area contributed by atoms with Crippen LogP contribution in [-0.4, -0.2) is 25.3 Å². The molecule has 2 rings (SSSR count). The molecule has 0 aromatic carbocycles. The van der Waals surface area contributed by atoms with Crippen molar-refractivity contribution in [3.63, 3.8) is 0 Å². The average molecular weight is 321 g/mol. The Kier molecular flexibility index (Phi) is 19.8. The summed E-state index contributed by atoms with van der Waals surface area (Å²) in [5.41, 5.74) is 12.5. The second-order valence-electron chi connectivity index (χ2n) is 5.73. The first-order valence-electron chi connectivity index (χ1n) is 8.39. The molecular weight excluding hydrogens is 284 g/mol. The second-order valence-corrected chi connectivity index (χ2v) is 5.73. The van der Waals surface area contributed by atoms with Crippen LogP contribution in [0.15, 0.2) is 11.6 Å². The Morgan fingerprint density at radius 2 is 1.67 bits per heavy atom. The lowest BCUT2D eigenvalue weighted by Gasteiger charge is -2.20. The van der Waals surface area contributed by atoms with Crippen molar-refractivity contribution in [2.75, 3.05) is 20.2 Å². The van der Waals surface area contributed by atoms with Crippen molar-refractivity contribution >= 4 is 12.4 Å². The first-order chi connectivity index (χ1) is 9.86. The van der Waals surface area contributed by atoms with Crippen molar-refractivity contribution in [1.29, 1.82) is 0 Å². The van der Waals surface area contributed by atoms with Gasteiger partial charge in [0.2, 0.25) is 0 Å². The van der Waals surface area contributed by atoms with Crippen LogP contribution in [0.1, 0.15) is 70.6 Å². The number of allylic oxidation sites excluding steroid dienone is 1. The summed E-state index contributed by atoms with van der Waals surface area (Å²) in [4.78, 5) is 0. The molecule has 128 valence electrons. The number of halogens is 1. The highest BCUT2D eigenvalue weighted by Gasteiger charge is 2.11. The smallest absolute Gasteiger partial charge is 0.0319 e. The number of rotatable bonds is 4. The van der Waals surface area contributed by atoms with Gasteiger partial charge in [-0.15, -0.1) is 12.4 Å². The predicted octanol–water partition coefficient (Wildman–Crippen LogP) is 3.78. The molecule has 2 aliphatic carbocycles. The zero-order valence-corrected chi connectivity index (χ0v) is 14.7. The molecule has 0 aromatic heterocycles. The summed E-state index contributed by atoms with van der Waals surface area (Å²) in [5.74, 6) is 0.976. The molecule has 0 bridgehead atoms. The second kappa shape index (κ2) is 18.0. The molecule has 0 radical (unpaired) electrons. The highest BCUT2D eigenvalue weighted by Crippen LogP contribution is 2.25. The van der Waals surface area contributed by atoms with E-state index in [2.05, 4.69) is 6.08 Å². The third-order valence-electron chi connectivity index (χ3n) is 4.15. The van der Waals surface area contributed by atoms with Crippen LogP contribution in [0.25, 0.3) is 0 Å². The van der Waals surface area contributed by atoms with Crippen LogP contribution < -0.4 is 11.5 Å². The van der Waals surface area contributed by atoms with E-state index in [1.54, 1.807) is 5.57 Å². The van der Waals surface area contributed by atoms with E-state index in [4.69, 9.17) is 16.6 Å². The van der Waals surface area contributed by atoms with Gasteiger partial charge in [0.1, 0.15) is 0 Å². The maximum absolute atomic E-state index is 7.00. The van der Waals surface area contributed by atoms with Gasteiger partial charge >= 0.3 is 0 Å². The maximum atomic E-state index is 7.00. The molecule has 0 unspecified atom stereocenters. The lowest BCUT2D eigenvalue weighted by atomic mass is 9.87. The standard InChI is InChI=1S/C8H17N.C8H15N.CH4O.ClH/c2*9-7-6-8-4-2-1-3-5-8;1-2;/h8H,1-7,9H2;4H,1-3,5-7,9H2;2H,1H3;1H. The van der Waals surface area contributed by atoms with E-state index >= 15 is 0 Å². The summed E-state index contributed by atoms with van der Waals surface area (Å²) in [6.07, 6.45) is 17.3. The van der Waals surface area contributed by atoms with Crippen molar-refractivity contribution in [2.45, 2.75) is 70.6 Å². The van der Waals surface area contributed by atoms with Crippen LogP contribution >= 0.6 is 12.4 Å². The van der Waals surface area contributed by atoms with Crippen molar-refractivity contribution in [1.82, 2.24) is 0 Å². The van der Waals surface area contributed by atoms with Gasteiger partial charge in [0.25, 0.3) is 0 Å². The number of hydrogen-bond acceptors (Lipinski definition) is 3. The first kappa shape index (κ1) is 23.2. The van der Waals surface area contributed by atoms with Crippen LogP contribution in [0.2, 0.25) is 0 Å². The van der Waals surface area contributed by atoms with E-state index in [-0.39, 0.29) is 12.4 Å². The number of aliphatic hydroxyl groups is 1. The lowest BCUT2D eigenvalue weighted by Crippen LogP contribution is -2.11. The molecule has 1 fully saturated rings. The van der Waals surface area contributed by atoms with Crippen LogP contribution in [0, 0.1) is 5.92 Å². The maximum Gasteiger partial charge on any atom is 0.0319 e. The van der Waals surface area contributed by atoms with Crippen LogP contribution in [0.4, 0.5) is 0 Å². The summed E-state index contributed by atoms with van der Waals surface area (Å²) < 4.78 is 0. The van der Waals surface area contributed by atoms with Gasteiger partial charge in [0.05, 0.1) is 0 Å². The Hall–Kier alpha value is -0.0900. The van der Waals surface area contributed by atoms with Crippen LogP contribution in [-0.2, 0) is 0 Å².